The van der Waals surface area contributed by atoms with Crippen molar-refractivity contribution in [3.8, 4) is 11.5 Å². The van der Waals surface area contributed by atoms with Crippen molar-refractivity contribution in [1.29, 1.82) is 0 Å². The molecule has 0 radical (unpaired) electrons. The van der Waals surface area contributed by atoms with Gasteiger partial charge in [-0.05, 0) is 29.3 Å². The Labute approximate surface area is 460 Å². The number of hydrogen-bond acceptors (Lipinski definition) is 23. The van der Waals surface area contributed by atoms with E-state index in [1.807, 2.05) is 12.1 Å². The van der Waals surface area contributed by atoms with Gasteiger partial charge in [0, 0.05) is 18.7 Å². The number of carbonyl (C=O) groups excluding carboxylic acids is 1. The fourth-order valence-corrected chi connectivity index (χ4v) is 9.81. The third kappa shape index (κ3) is 22.5. The van der Waals surface area contributed by atoms with Crippen molar-refractivity contribution in [1.82, 2.24) is 34.7 Å². The summed E-state index contributed by atoms with van der Waals surface area (Å²) in [6, 6.07) is 8.12. The molecule has 444 valence electrons. The molecule has 0 bridgehead atoms. The number of aliphatic hydroxyl groups is 2. The molecular formula is C46H62ClF3N8O20P2. The molecule has 34 heteroatoms. The lowest BCUT2D eigenvalue weighted by molar-refractivity contribution is -0.136. The largest absolute Gasteiger partial charge is 0.491 e. The Kier molecular flexibility index (Phi) is 26.8. The fraction of sp³-hybridized carbons (Fsp3) is 0.565. The lowest BCUT2D eigenvalue weighted by Gasteiger charge is -2.18. The molecule has 6 rings (SSSR count). The molecule has 0 spiro atoms. The molecule has 1 aliphatic heterocycles. The van der Waals surface area contributed by atoms with Crippen LogP contribution in [-0.2, 0) is 80.8 Å². The average Bonchev–Trinajstić information content (AvgIpc) is 4.26. The zero-order chi connectivity index (χ0) is 57.3. The smallest absolute Gasteiger partial charge is 0.340 e. The average molecular weight is 1200 g/mol. The number of aliphatic hydroxyl groups excluding tert-OH is 2. The quantitative estimate of drug-likeness (QED) is 0.0108. The van der Waals surface area contributed by atoms with Gasteiger partial charge in [0.25, 0.3) is 0 Å². The normalized spacial score (nSPS) is 17.3. The number of halogens is 4. The van der Waals surface area contributed by atoms with Crippen LogP contribution in [0.2, 0.25) is 5.28 Å². The third-order valence-corrected chi connectivity index (χ3v) is 14.5. The van der Waals surface area contributed by atoms with Crippen LogP contribution >= 0.6 is 26.8 Å². The summed E-state index contributed by atoms with van der Waals surface area (Å²) in [7, 11) is -9.64. The van der Waals surface area contributed by atoms with E-state index in [1.165, 1.54) is 6.20 Å². The molecule has 4 heterocycles. The van der Waals surface area contributed by atoms with E-state index >= 15 is 0 Å². The minimum absolute atomic E-state index is 0.0617. The number of aromatic nitrogens is 7. The minimum atomic E-state index is -4.89. The standard InChI is InChI=1S/C46H62ClF3N8O20P2/c47-46-53-43(35-26-52-58(44(35)54-46)45-41(61)40(60)38(77-45)29-76-80(65,66)30-79(62,63)64)51-25-31-1-3-34(4-2-31)75-22-21-73-18-17-71-15-16-72-19-20-74-28-33-27-57(56-55-33)6-8-68-10-12-70-14-13-69-11-9-67-7-5-39(59)78-42-36(49)23-32(48)24-37(42)50/h1-4,23-24,26-27,38,40-41,45,60-61H,5-22,25,28-30H2,(H,65,66)(H,51,53,54)(H2,62,63,64)/t38-,40-,41-,45-/m1/s1. The Hall–Kier alpha value is -4.86. The summed E-state index contributed by atoms with van der Waals surface area (Å²) in [5.74, 6) is -6.16. The molecule has 0 amide bonds. The van der Waals surface area contributed by atoms with E-state index in [0.717, 1.165) is 10.2 Å². The Balaban J connectivity index is 0.704. The summed E-state index contributed by atoms with van der Waals surface area (Å²) < 4.78 is 131. The summed E-state index contributed by atoms with van der Waals surface area (Å²) in [4.78, 5) is 48.1. The topological polar surface area (TPSA) is 349 Å². The van der Waals surface area contributed by atoms with Gasteiger partial charge in [-0.25, -0.2) is 22.5 Å². The number of benzene rings is 2. The van der Waals surface area contributed by atoms with Gasteiger partial charge >= 0.3 is 21.2 Å². The zero-order valence-electron chi connectivity index (χ0n) is 42.9. The minimum Gasteiger partial charge on any atom is -0.491 e. The molecule has 1 aliphatic rings. The number of hydrogen-bond donors (Lipinski definition) is 6. The second-order valence-electron chi connectivity index (χ2n) is 17.0. The maximum absolute atomic E-state index is 13.6. The summed E-state index contributed by atoms with van der Waals surface area (Å²) in [6.45, 7) is 5.28. The summed E-state index contributed by atoms with van der Waals surface area (Å²) in [5, 5.41) is 37.1. The predicted octanol–water partition coefficient (Wildman–Crippen LogP) is 2.76. The first kappa shape index (κ1) is 64.3. The van der Waals surface area contributed by atoms with Crippen molar-refractivity contribution in [2.45, 2.75) is 50.7 Å². The molecule has 80 heavy (non-hydrogen) atoms. The van der Waals surface area contributed by atoms with Gasteiger partial charge in [-0.15, -0.1) is 5.10 Å². The van der Waals surface area contributed by atoms with Crippen molar-refractivity contribution in [2.24, 2.45) is 0 Å². The van der Waals surface area contributed by atoms with E-state index in [9.17, 15) is 42.2 Å². The van der Waals surface area contributed by atoms with Crippen LogP contribution in [-0.4, -0.2) is 202 Å². The molecule has 6 N–H and O–H groups in total. The molecule has 28 nitrogen and oxygen atoms in total. The highest BCUT2D eigenvalue weighted by molar-refractivity contribution is 7.70. The lowest BCUT2D eigenvalue weighted by atomic mass is 10.1. The summed E-state index contributed by atoms with van der Waals surface area (Å²) in [5.41, 5.74) is 1.65. The van der Waals surface area contributed by atoms with E-state index in [0.29, 0.717) is 134 Å². The second-order valence-corrected chi connectivity index (χ2v) is 21.4. The van der Waals surface area contributed by atoms with Gasteiger partial charge in [-0.1, -0.05) is 17.3 Å². The van der Waals surface area contributed by atoms with Gasteiger partial charge in [0.15, 0.2) is 29.4 Å². The van der Waals surface area contributed by atoms with Crippen molar-refractivity contribution >= 4 is 49.6 Å². The van der Waals surface area contributed by atoms with Gasteiger partial charge in [0.2, 0.25) is 11.0 Å². The maximum atomic E-state index is 13.6. The van der Waals surface area contributed by atoms with Crippen molar-refractivity contribution in [2.75, 3.05) is 124 Å². The van der Waals surface area contributed by atoms with Gasteiger partial charge in [-0.3, -0.25) is 13.9 Å². The van der Waals surface area contributed by atoms with Crippen LogP contribution in [0, 0.1) is 17.5 Å². The Bertz CT molecular complexity index is 2750. The fourth-order valence-electron chi connectivity index (χ4n) is 7.08. The van der Waals surface area contributed by atoms with Crippen LogP contribution in [0.3, 0.4) is 0 Å². The molecule has 0 saturated carbocycles. The molecule has 5 aromatic rings. The van der Waals surface area contributed by atoms with Crippen molar-refractivity contribution < 1.29 is 109 Å². The monoisotopic (exact) mass is 1200 g/mol. The zero-order valence-corrected chi connectivity index (χ0v) is 45.4. The molecule has 5 atom stereocenters. The maximum Gasteiger partial charge on any atom is 0.340 e. The molecule has 0 aliphatic carbocycles. The number of nitrogens with one attached hydrogen (secondary N) is 1. The predicted molar refractivity (Wildman–Crippen MR) is 270 cm³/mol. The number of rotatable bonds is 40. The molecule has 1 unspecified atom stereocenters. The Morgan fingerprint density at radius 2 is 1.32 bits per heavy atom. The van der Waals surface area contributed by atoms with E-state index in [1.54, 1.807) is 23.0 Å². The number of anilines is 1. The first-order valence-corrected chi connectivity index (χ1v) is 28.6. The van der Waals surface area contributed by atoms with E-state index in [4.69, 9.17) is 73.3 Å². The van der Waals surface area contributed by atoms with E-state index < -0.39 is 81.4 Å². The second kappa shape index (κ2) is 33.3. The molecular weight excluding hydrogens is 1140 g/mol. The summed E-state index contributed by atoms with van der Waals surface area (Å²) >= 11 is 6.23. The van der Waals surface area contributed by atoms with Crippen LogP contribution in [0.15, 0.2) is 48.8 Å². The number of nitrogens with zero attached hydrogens (tertiary/aromatic N) is 7. The number of carbonyl (C=O) groups is 1. The number of esters is 1. The number of ether oxygens (including phenoxy) is 11. The van der Waals surface area contributed by atoms with E-state index in [2.05, 4.69) is 35.4 Å². The molecule has 1 fully saturated rings. The van der Waals surface area contributed by atoms with Crippen LogP contribution in [0.1, 0.15) is 23.9 Å². The lowest BCUT2D eigenvalue weighted by Crippen LogP contribution is -2.33. The van der Waals surface area contributed by atoms with Crippen LogP contribution in [0.4, 0.5) is 19.0 Å². The molecule has 3 aromatic heterocycles. The van der Waals surface area contributed by atoms with Gasteiger partial charge in [0.05, 0.1) is 143 Å². The Morgan fingerprint density at radius 3 is 1.94 bits per heavy atom. The van der Waals surface area contributed by atoms with Gasteiger partial charge < -0.3 is 86.8 Å². The highest BCUT2D eigenvalue weighted by Crippen LogP contribution is 2.55. The highest BCUT2D eigenvalue weighted by Gasteiger charge is 2.46. The summed E-state index contributed by atoms with van der Waals surface area (Å²) in [6.07, 6.45) is -3.05. The molecule has 1 saturated heterocycles. The molecule has 2 aromatic carbocycles. The van der Waals surface area contributed by atoms with Crippen molar-refractivity contribution in [3.63, 3.8) is 0 Å². The first-order valence-electron chi connectivity index (χ1n) is 24.7. The van der Waals surface area contributed by atoms with Crippen LogP contribution in [0.5, 0.6) is 11.5 Å². The number of fused-ring (bicyclic) bond motifs is 1. The van der Waals surface area contributed by atoms with E-state index in [-0.39, 0.29) is 43.8 Å². The SMILES string of the molecule is O=C(CCOCCOCCOCCOCCn1cc(COCCOCCOCCOCCOc2ccc(CNc3nc(Cl)nc4c3cnn4[C@@H]3O[C@H](COP(=O)(O)CP(=O)(O)O)[C@@H](O)[C@H]3O)cc2)nn1)Oc1c(F)cc(F)cc1F. The highest BCUT2D eigenvalue weighted by atomic mass is 35.5. The van der Waals surface area contributed by atoms with Crippen LogP contribution < -0.4 is 14.8 Å². The van der Waals surface area contributed by atoms with Gasteiger partial charge in [-0.2, -0.15) is 15.1 Å². The Morgan fingerprint density at radius 1 is 0.750 bits per heavy atom. The van der Waals surface area contributed by atoms with Crippen LogP contribution in [0.25, 0.3) is 11.0 Å². The first-order chi connectivity index (χ1) is 38.4. The third-order valence-electron chi connectivity index (χ3n) is 10.9. The van der Waals surface area contributed by atoms with Crippen molar-refractivity contribution in [3.05, 3.63) is 82.8 Å². The van der Waals surface area contributed by atoms with Gasteiger partial charge in [0.1, 0.15) is 48.0 Å².